The van der Waals surface area contributed by atoms with Crippen molar-refractivity contribution < 1.29 is 19.2 Å². The minimum atomic E-state index is -1.44. The molecule has 6 rings (SSSR count). The summed E-state index contributed by atoms with van der Waals surface area (Å²) in [6, 6.07) is 28.0. The summed E-state index contributed by atoms with van der Waals surface area (Å²) in [5.74, 6) is -4.88. The van der Waals surface area contributed by atoms with Gasteiger partial charge in [-0.2, -0.15) is 0 Å². The number of rotatable bonds is 1. The molecule has 2 aliphatic carbocycles. The summed E-state index contributed by atoms with van der Waals surface area (Å²) in [6.07, 6.45) is 0. The van der Waals surface area contributed by atoms with Crippen LogP contribution < -0.4 is 0 Å². The van der Waals surface area contributed by atoms with E-state index >= 15 is 0 Å². The van der Waals surface area contributed by atoms with Crippen molar-refractivity contribution in [3.05, 3.63) is 119 Å². The lowest BCUT2D eigenvalue weighted by molar-refractivity contribution is 0.0629. The Kier molecular flexibility index (Phi) is 4.49. The van der Waals surface area contributed by atoms with Crippen molar-refractivity contribution >= 4 is 23.1 Å². The number of hydrogen-bond acceptors (Lipinski definition) is 4. The lowest BCUT2D eigenvalue weighted by Crippen LogP contribution is -2.40. The molecule has 162 valence electrons. The standard InChI is InChI=1S/C30H18O4/c31-27-21-13-5-1-9-17(21)18-10-2-6-14-22(18)28(32)25(27)26-29(33)23-15-7-3-11-19(23)20-12-4-8-16-24(20)30(26)34/h1-16,25-26H. The molecule has 0 aliphatic heterocycles. The first-order valence-corrected chi connectivity index (χ1v) is 11.1. The van der Waals surface area contributed by atoms with Gasteiger partial charge >= 0.3 is 0 Å². The molecule has 4 aromatic rings. The number of carbonyl (C=O) groups excluding carboxylic acids is 4. The molecule has 0 aromatic heterocycles. The maximum absolute atomic E-state index is 13.9. The van der Waals surface area contributed by atoms with Crippen LogP contribution in [0.5, 0.6) is 0 Å². The van der Waals surface area contributed by atoms with E-state index in [2.05, 4.69) is 0 Å². The summed E-state index contributed by atoms with van der Waals surface area (Å²) in [6.45, 7) is 0. The fourth-order valence-electron chi connectivity index (χ4n) is 5.25. The SMILES string of the molecule is O=C1c2ccccc2-c2ccccc2C(=O)C1C1C(=O)c2ccccc2-c2ccccc2C1=O. The molecule has 0 saturated heterocycles. The number of ketones is 4. The highest BCUT2D eigenvalue weighted by atomic mass is 16.2. The molecule has 0 amide bonds. The van der Waals surface area contributed by atoms with Crippen LogP contribution in [0.4, 0.5) is 0 Å². The van der Waals surface area contributed by atoms with Crippen LogP contribution in [0.3, 0.4) is 0 Å². The van der Waals surface area contributed by atoms with Gasteiger partial charge in [0, 0.05) is 22.3 Å². The molecule has 0 fully saturated rings. The van der Waals surface area contributed by atoms with Gasteiger partial charge < -0.3 is 0 Å². The first-order valence-electron chi connectivity index (χ1n) is 11.1. The molecule has 0 saturated carbocycles. The van der Waals surface area contributed by atoms with Crippen LogP contribution in [0.1, 0.15) is 41.4 Å². The largest absolute Gasteiger partial charge is 0.293 e. The van der Waals surface area contributed by atoms with Gasteiger partial charge in [0.2, 0.25) is 0 Å². The second-order valence-corrected chi connectivity index (χ2v) is 8.59. The van der Waals surface area contributed by atoms with Crippen molar-refractivity contribution in [1.82, 2.24) is 0 Å². The minimum Gasteiger partial charge on any atom is -0.293 e. The third-order valence-electron chi connectivity index (χ3n) is 6.81. The van der Waals surface area contributed by atoms with Crippen molar-refractivity contribution in [3.63, 3.8) is 0 Å². The zero-order valence-corrected chi connectivity index (χ0v) is 18.0. The van der Waals surface area contributed by atoms with Crippen LogP contribution in [0.2, 0.25) is 0 Å². The molecule has 4 aromatic carbocycles. The maximum Gasteiger partial charge on any atom is 0.175 e. The van der Waals surface area contributed by atoms with E-state index in [4.69, 9.17) is 0 Å². The van der Waals surface area contributed by atoms with Gasteiger partial charge in [0.25, 0.3) is 0 Å². The molecule has 0 unspecified atom stereocenters. The van der Waals surface area contributed by atoms with E-state index in [9.17, 15) is 19.2 Å². The molecule has 0 atom stereocenters. The van der Waals surface area contributed by atoms with Crippen LogP contribution in [-0.2, 0) is 0 Å². The summed E-state index contributed by atoms with van der Waals surface area (Å²) in [7, 11) is 0. The molecule has 0 heterocycles. The van der Waals surface area contributed by atoms with Gasteiger partial charge in [-0.3, -0.25) is 19.2 Å². The highest BCUT2D eigenvalue weighted by Gasteiger charge is 2.48. The van der Waals surface area contributed by atoms with Crippen LogP contribution >= 0.6 is 0 Å². The average Bonchev–Trinajstić information content (AvgIpc) is 3.04. The molecule has 0 radical (unpaired) electrons. The molecule has 2 aliphatic rings. The molecule has 0 N–H and O–H groups in total. The first-order chi connectivity index (χ1) is 16.6. The Balaban J connectivity index is 1.63. The van der Waals surface area contributed by atoms with E-state index in [0.29, 0.717) is 44.5 Å². The van der Waals surface area contributed by atoms with Gasteiger partial charge in [0.05, 0.1) is 0 Å². The van der Waals surface area contributed by atoms with Crippen molar-refractivity contribution in [1.29, 1.82) is 0 Å². The zero-order valence-electron chi connectivity index (χ0n) is 18.0. The lowest BCUT2D eigenvalue weighted by atomic mass is 9.75. The Morgan fingerprint density at radius 1 is 0.294 bits per heavy atom. The topological polar surface area (TPSA) is 68.3 Å². The maximum atomic E-state index is 13.9. The predicted molar refractivity (Wildman–Crippen MR) is 128 cm³/mol. The van der Waals surface area contributed by atoms with Gasteiger partial charge in [-0.1, -0.05) is 97.1 Å². The van der Waals surface area contributed by atoms with Crippen molar-refractivity contribution in [3.8, 4) is 22.3 Å². The Hall–Kier alpha value is -4.44. The Labute approximate surface area is 195 Å². The zero-order chi connectivity index (χ0) is 23.4. The van der Waals surface area contributed by atoms with Crippen molar-refractivity contribution in [2.45, 2.75) is 0 Å². The Morgan fingerprint density at radius 2 is 0.471 bits per heavy atom. The second kappa shape index (κ2) is 7.56. The third-order valence-corrected chi connectivity index (χ3v) is 6.81. The van der Waals surface area contributed by atoms with Crippen molar-refractivity contribution in [2.75, 3.05) is 0 Å². The number of hydrogen-bond donors (Lipinski definition) is 0. The number of Topliss-reactive ketones (excluding diaryl/α,β-unsaturated/α-hetero) is 4. The van der Waals surface area contributed by atoms with Crippen molar-refractivity contribution in [2.24, 2.45) is 11.8 Å². The molecule has 4 nitrogen and oxygen atoms in total. The summed E-state index contributed by atoms with van der Waals surface area (Å²) >= 11 is 0. The number of fused-ring (bicyclic) bond motifs is 6. The minimum absolute atomic E-state index is 0.345. The normalized spacial score (nSPS) is 15.6. The smallest absolute Gasteiger partial charge is 0.175 e. The van der Waals surface area contributed by atoms with Gasteiger partial charge in [0.15, 0.2) is 23.1 Å². The fraction of sp³-hybridized carbons (Fsp3) is 0.0667. The van der Waals surface area contributed by atoms with E-state index in [1.54, 1.807) is 72.8 Å². The van der Waals surface area contributed by atoms with E-state index in [0.717, 1.165) is 0 Å². The predicted octanol–water partition coefficient (Wildman–Crippen LogP) is 5.71. The van der Waals surface area contributed by atoms with Gasteiger partial charge in [-0.25, -0.2) is 0 Å². The lowest BCUT2D eigenvalue weighted by Gasteiger charge is -2.22. The molecule has 4 heteroatoms. The van der Waals surface area contributed by atoms with E-state index in [1.807, 2.05) is 24.3 Å². The summed E-state index contributed by atoms with van der Waals surface area (Å²) in [5.41, 5.74) is 3.91. The summed E-state index contributed by atoms with van der Waals surface area (Å²) in [4.78, 5) is 55.7. The van der Waals surface area contributed by atoms with Gasteiger partial charge in [0.1, 0.15) is 11.8 Å². The van der Waals surface area contributed by atoms with Gasteiger partial charge in [-0.15, -0.1) is 0 Å². The third kappa shape index (κ3) is 2.78. The fourth-order valence-corrected chi connectivity index (χ4v) is 5.25. The van der Waals surface area contributed by atoms with Crippen LogP contribution in [0, 0.1) is 11.8 Å². The number of benzene rings is 4. The highest BCUT2D eigenvalue weighted by molar-refractivity contribution is 6.31. The molecular formula is C30H18O4. The van der Waals surface area contributed by atoms with Crippen LogP contribution in [0.15, 0.2) is 97.1 Å². The molecule has 0 bridgehead atoms. The number of carbonyl (C=O) groups is 4. The van der Waals surface area contributed by atoms with Crippen LogP contribution in [-0.4, -0.2) is 23.1 Å². The highest BCUT2D eigenvalue weighted by Crippen LogP contribution is 2.42. The summed E-state index contributed by atoms with van der Waals surface area (Å²) in [5, 5.41) is 0. The average molecular weight is 442 g/mol. The second-order valence-electron chi connectivity index (χ2n) is 8.59. The Morgan fingerprint density at radius 3 is 0.676 bits per heavy atom. The first kappa shape index (κ1) is 20.2. The van der Waals surface area contributed by atoms with E-state index in [-0.39, 0.29) is 0 Å². The van der Waals surface area contributed by atoms with E-state index in [1.165, 1.54) is 0 Å². The van der Waals surface area contributed by atoms with E-state index < -0.39 is 35.0 Å². The Bertz CT molecular complexity index is 1310. The monoisotopic (exact) mass is 442 g/mol. The molecule has 34 heavy (non-hydrogen) atoms. The molecule has 0 spiro atoms. The molecular weight excluding hydrogens is 424 g/mol. The summed E-state index contributed by atoms with van der Waals surface area (Å²) < 4.78 is 0. The van der Waals surface area contributed by atoms with Gasteiger partial charge in [-0.05, 0) is 22.3 Å². The quantitative estimate of drug-likeness (QED) is 0.354. The van der Waals surface area contributed by atoms with Crippen LogP contribution in [0.25, 0.3) is 22.3 Å².